The van der Waals surface area contributed by atoms with Gasteiger partial charge in [0, 0.05) is 13.2 Å². The molecule has 0 aromatic rings. The third-order valence-corrected chi connectivity index (χ3v) is 5.74. The second-order valence-electron chi connectivity index (χ2n) is 7.60. The van der Waals surface area contributed by atoms with Gasteiger partial charge in [-0.1, -0.05) is 33.1 Å². The Hall–Kier alpha value is -0.0800. The van der Waals surface area contributed by atoms with Crippen LogP contribution in [-0.2, 0) is 4.74 Å². The van der Waals surface area contributed by atoms with Crippen LogP contribution in [0.2, 0.25) is 0 Å². The van der Waals surface area contributed by atoms with E-state index in [1.165, 1.54) is 83.7 Å². The highest BCUT2D eigenvalue weighted by Gasteiger charge is 2.37. The van der Waals surface area contributed by atoms with Crippen LogP contribution in [0.25, 0.3) is 0 Å². The molecule has 2 heteroatoms. The van der Waals surface area contributed by atoms with Gasteiger partial charge in [-0.3, -0.25) is 0 Å². The van der Waals surface area contributed by atoms with Gasteiger partial charge in [0.1, 0.15) is 0 Å². The summed E-state index contributed by atoms with van der Waals surface area (Å²) in [5, 5.41) is 3.72. The van der Waals surface area contributed by atoms with Crippen LogP contribution in [0.3, 0.4) is 0 Å². The van der Waals surface area contributed by atoms with Crippen LogP contribution in [0.15, 0.2) is 0 Å². The van der Waals surface area contributed by atoms with E-state index in [9.17, 15) is 0 Å². The van der Waals surface area contributed by atoms with Crippen molar-refractivity contribution in [3.05, 3.63) is 0 Å². The first-order valence-corrected chi connectivity index (χ1v) is 9.60. The van der Waals surface area contributed by atoms with Gasteiger partial charge in [-0.2, -0.15) is 0 Å². The van der Waals surface area contributed by atoms with Crippen molar-refractivity contribution < 1.29 is 4.74 Å². The maximum atomic E-state index is 5.95. The normalized spacial score (nSPS) is 33.4. The van der Waals surface area contributed by atoms with Crippen LogP contribution in [-0.4, -0.2) is 25.8 Å². The lowest BCUT2D eigenvalue weighted by molar-refractivity contribution is 0.0336. The van der Waals surface area contributed by atoms with Crippen LogP contribution in [0.5, 0.6) is 0 Å². The second kappa shape index (κ2) is 9.15. The van der Waals surface area contributed by atoms with E-state index >= 15 is 0 Å². The highest BCUT2D eigenvalue weighted by Crippen LogP contribution is 2.44. The molecule has 2 aliphatic rings. The van der Waals surface area contributed by atoms with Crippen LogP contribution < -0.4 is 5.32 Å². The van der Waals surface area contributed by atoms with Gasteiger partial charge in [0.25, 0.3) is 0 Å². The molecule has 0 bridgehead atoms. The molecule has 124 valence electrons. The van der Waals surface area contributed by atoms with E-state index in [-0.39, 0.29) is 0 Å². The largest absolute Gasteiger partial charge is 0.378 e. The molecule has 1 aliphatic carbocycles. The molecule has 0 radical (unpaired) electrons. The summed E-state index contributed by atoms with van der Waals surface area (Å²) >= 11 is 0. The van der Waals surface area contributed by atoms with E-state index in [4.69, 9.17) is 4.74 Å². The molecule has 0 aromatic carbocycles. The van der Waals surface area contributed by atoms with E-state index in [1.807, 2.05) is 0 Å². The molecular formula is C19H37NO. The average Bonchev–Trinajstić information content (AvgIpc) is 3.00. The average molecular weight is 296 g/mol. The Morgan fingerprint density at radius 1 is 1.10 bits per heavy atom. The van der Waals surface area contributed by atoms with Crippen LogP contribution in [0, 0.1) is 11.3 Å². The maximum Gasteiger partial charge on any atom is 0.0581 e. The number of hydrogen-bond acceptors (Lipinski definition) is 2. The third kappa shape index (κ3) is 5.56. The van der Waals surface area contributed by atoms with Crippen molar-refractivity contribution in [3.8, 4) is 0 Å². The molecule has 1 saturated carbocycles. The molecule has 0 aromatic heterocycles. The molecule has 1 N–H and O–H groups in total. The fourth-order valence-corrected chi connectivity index (χ4v) is 4.34. The lowest BCUT2D eigenvalue weighted by Gasteiger charge is -2.42. The SMILES string of the molecule is CCCCC1CCC(CNCCC)(CC2CCCO2)CC1. The maximum absolute atomic E-state index is 5.95. The first-order valence-electron chi connectivity index (χ1n) is 9.60. The zero-order valence-electron chi connectivity index (χ0n) is 14.5. The molecule has 1 atom stereocenters. The standard InChI is InChI=1S/C19H37NO/c1-3-5-7-17-9-11-19(12-10-17,16-20-13-4-2)15-18-8-6-14-21-18/h17-18,20H,3-16H2,1-2H3. The summed E-state index contributed by atoms with van der Waals surface area (Å²) in [5.41, 5.74) is 0.535. The number of ether oxygens (including phenoxy) is 1. The molecule has 0 amide bonds. The van der Waals surface area contributed by atoms with E-state index < -0.39 is 0 Å². The zero-order valence-corrected chi connectivity index (χ0v) is 14.5. The van der Waals surface area contributed by atoms with Crippen LogP contribution in [0.1, 0.15) is 84.5 Å². The Morgan fingerprint density at radius 2 is 1.90 bits per heavy atom. The van der Waals surface area contributed by atoms with Crippen molar-refractivity contribution in [2.24, 2.45) is 11.3 Å². The van der Waals surface area contributed by atoms with Gasteiger partial charge in [-0.25, -0.2) is 0 Å². The summed E-state index contributed by atoms with van der Waals surface area (Å²) in [6.07, 6.45) is 15.7. The Balaban J connectivity index is 1.84. The smallest absolute Gasteiger partial charge is 0.0581 e. The van der Waals surface area contributed by atoms with E-state index in [0.717, 1.165) is 12.5 Å². The van der Waals surface area contributed by atoms with Gasteiger partial charge in [0.2, 0.25) is 0 Å². The quantitative estimate of drug-likeness (QED) is 0.609. The Labute approximate surface area is 132 Å². The van der Waals surface area contributed by atoms with Crippen molar-refractivity contribution in [3.63, 3.8) is 0 Å². The molecular weight excluding hydrogens is 258 g/mol. The first kappa shape index (κ1) is 17.3. The Morgan fingerprint density at radius 3 is 2.52 bits per heavy atom. The highest BCUT2D eigenvalue weighted by atomic mass is 16.5. The lowest BCUT2D eigenvalue weighted by atomic mass is 9.66. The molecule has 1 aliphatic heterocycles. The minimum Gasteiger partial charge on any atom is -0.378 e. The van der Waals surface area contributed by atoms with Gasteiger partial charge in [0.15, 0.2) is 0 Å². The fraction of sp³-hybridized carbons (Fsp3) is 1.00. The zero-order chi connectivity index (χ0) is 15.0. The topological polar surface area (TPSA) is 21.3 Å². The van der Waals surface area contributed by atoms with Crippen molar-refractivity contribution in [1.82, 2.24) is 5.32 Å². The van der Waals surface area contributed by atoms with E-state index in [1.54, 1.807) is 0 Å². The van der Waals surface area contributed by atoms with Gasteiger partial charge < -0.3 is 10.1 Å². The van der Waals surface area contributed by atoms with Crippen LogP contribution in [0.4, 0.5) is 0 Å². The lowest BCUT2D eigenvalue weighted by Crippen LogP contribution is -2.40. The van der Waals surface area contributed by atoms with Gasteiger partial charge in [-0.05, 0) is 69.2 Å². The van der Waals surface area contributed by atoms with Gasteiger partial charge in [-0.15, -0.1) is 0 Å². The minimum absolute atomic E-state index is 0.535. The van der Waals surface area contributed by atoms with Crippen molar-refractivity contribution in [2.75, 3.05) is 19.7 Å². The molecule has 2 fully saturated rings. The Kier molecular flexibility index (Phi) is 7.53. The predicted molar refractivity (Wildman–Crippen MR) is 90.7 cm³/mol. The number of rotatable bonds is 9. The summed E-state index contributed by atoms with van der Waals surface area (Å²) < 4.78 is 5.95. The third-order valence-electron chi connectivity index (χ3n) is 5.74. The first-order chi connectivity index (χ1) is 10.3. The van der Waals surface area contributed by atoms with Crippen molar-refractivity contribution >= 4 is 0 Å². The summed E-state index contributed by atoms with van der Waals surface area (Å²) in [6, 6.07) is 0. The molecule has 0 spiro atoms. The number of hydrogen-bond donors (Lipinski definition) is 1. The fourth-order valence-electron chi connectivity index (χ4n) is 4.34. The molecule has 1 unspecified atom stereocenters. The Bertz CT molecular complexity index is 265. The number of unbranched alkanes of at least 4 members (excludes halogenated alkanes) is 1. The molecule has 21 heavy (non-hydrogen) atoms. The van der Waals surface area contributed by atoms with Gasteiger partial charge >= 0.3 is 0 Å². The summed E-state index contributed by atoms with van der Waals surface area (Å²) in [4.78, 5) is 0. The molecule has 1 heterocycles. The number of nitrogens with one attached hydrogen (secondary N) is 1. The highest BCUT2D eigenvalue weighted by molar-refractivity contribution is 4.90. The molecule has 1 saturated heterocycles. The van der Waals surface area contributed by atoms with E-state index in [2.05, 4.69) is 19.2 Å². The molecule has 2 nitrogen and oxygen atoms in total. The summed E-state index contributed by atoms with van der Waals surface area (Å²) in [6.45, 7) is 7.98. The van der Waals surface area contributed by atoms with Crippen LogP contribution >= 0.6 is 0 Å². The monoisotopic (exact) mass is 295 g/mol. The summed E-state index contributed by atoms with van der Waals surface area (Å²) in [7, 11) is 0. The predicted octanol–water partition coefficient (Wildman–Crippen LogP) is 4.92. The second-order valence-corrected chi connectivity index (χ2v) is 7.60. The van der Waals surface area contributed by atoms with E-state index in [0.29, 0.717) is 11.5 Å². The van der Waals surface area contributed by atoms with Gasteiger partial charge in [0.05, 0.1) is 6.10 Å². The van der Waals surface area contributed by atoms with Crippen molar-refractivity contribution in [2.45, 2.75) is 90.6 Å². The summed E-state index contributed by atoms with van der Waals surface area (Å²) in [5.74, 6) is 1.01. The van der Waals surface area contributed by atoms with Crippen molar-refractivity contribution in [1.29, 1.82) is 0 Å². The molecule has 2 rings (SSSR count). The minimum atomic E-state index is 0.535.